The number of thiophene rings is 1. The van der Waals surface area contributed by atoms with Crippen LogP contribution in [0.15, 0.2) is 30.3 Å². The summed E-state index contributed by atoms with van der Waals surface area (Å²) in [5.41, 5.74) is -2.16. The Labute approximate surface area is 158 Å². The van der Waals surface area contributed by atoms with Crippen LogP contribution in [0.3, 0.4) is 0 Å². The molecule has 1 N–H and O–H groups in total. The Morgan fingerprint density at radius 2 is 1.79 bits per heavy atom. The summed E-state index contributed by atoms with van der Waals surface area (Å²) in [7, 11) is 0. The van der Waals surface area contributed by atoms with Gasteiger partial charge in [-0.05, 0) is 25.1 Å². The number of carbonyl (C=O) groups is 1. The van der Waals surface area contributed by atoms with Gasteiger partial charge in [-0.2, -0.15) is 18.3 Å². The second kappa shape index (κ2) is 7.30. The fourth-order valence-electron chi connectivity index (χ4n) is 2.47. The van der Waals surface area contributed by atoms with Crippen LogP contribution in [-0.2, 0) is 12.7 Å². The molecule has 0 unspecified atom stereocenters. The molecule has 0 fully saturated rings. The first-order chi connectivity index (χ1) is 13.1. The molecule has 148 valence electrons. The van der Waals surface area contributed by atoms with Crippen molar-refractivity contribution in [1.29, 1.82) is 0 Å². The highest BCUT2D eigenvalue weighted by atomic mass is 32.1. The number of nitrogens with zero attached hydrogens (tertiary/aromatic N) is 2. The SMILES string of the molecule is CCn1nc(C(F)(F)F)cc1-c1sc(NC(=O)c2c(F)cccc2F)cc1F. The molecule has 2 aromatic heterocycles. The van der Waals surface area contributed by atoms with Crippen molar-refractivity contribution in [2.24, 2.45) is 0 Å². The lowest BCUT2D eigenvalue weighted by atomic mass is 10.2. The fraction of sp³-hybridized carbons (Fsp3) is 0.176. The number of rotatable bonds is 4. The number of aryl methyl sites for hydroxylation is 1. The van der Waals surface area contributed by atoms with Gasteiger partial charge in [0, 0.05) is 12.6 Å². The van der Waals surface area contributed by atoms with Crippen molar-refractivity contribution in [3.8, 4) is 10.6 Å². The van der Waals surface area contributed by atoms with E-state index in [0.29, 0.717) is 17.4 Å². The van der Waals surface area contributed by atoms with Gasteiger partial charge in [-0.3, -0.25) is 9.48 Å². The van der Waals surface area contributed by atoms with Gasteiger partial charge in [0.05, 0.1) is 15.6 Å². The summed E-state index contributed by atoms with van der Waals surface area (Å²) in [6, 6.07) is 4.40. The van der Waals surface area contributed by atoms with E-state index < -0.39 is 40.8 Å². The Kier molecular flexibility index (Phi) is 5.20. The average molecular weight is 419 g/mol. The van der Waals surface area contributed by atoms with E-state index in [2.05, 4.69) is 10.4 Å². The summed E-state index contributed by atoms with van der Waals surface area (Å²) in [5.74, 6) is -4.26. The number of hydrogen-bond donors (Lipinski definition) is 1. The molecule has 0 spiro atoms. The van der Waals surface area contributed by atoms with Gasteiger partial charge in [-0.1, -0.05) is 6.07 Å². The summed E-state index contributed by atoms with van der Waals surface area (Å²) in [4.78, 5) is 11.9. The molecular formula is C17H11F6N3OS. The first-order valence-electron chi connectivity index (χ1n) is 7.82. The Bertz CT molecular complexity index is 1020. The van der Waals surface area contributed by atoms with Crippen LogP contribution < -0.4 is 5.32 Å². The molecule has 0 aliphatic heterocycles. The molecule has 0 radical (unpaired) electrons. The van der Waals surface area contributed by atoms with Gasteiger partial charge in [0.25, 0.3) is 5.91 Å². The monoisotopic (exact) mass is 419 g/mol. The molecular weight excluding hydrogens is 408 g/mol. The van der Waals surface area contributed by atoms with E-state index in [9.17, 15) is 31.1 Å². The number of halogens is 6. The third kappa shape index (κ3) is 3.75. The molecule has 2 heterocycles. The standard InChI is InChI=1S/C17H11F6N3OS/c1-2-26-11(7-12(25-26)17(21,22)23)15-10(20)6-13(28-15)24-16(27)14-8(18)4-3-5-9(14)19/h3-7H,2H2,1H3,(H,24,27). The van der Waals surface area contributed by atoms with Crippen LogP contribution in [0.25, 0.3) is 10.6 Å². The minimum atomic E-state index is -4.71. The molecule has 3 rings (SSSR count). The molecule has 0 aliphatic rings. The van der Waals surface area contributed by atoms with Crippen molar-refractivity contribution in [2.45, 2.75) is 19.6 Å². The van der Waals surface area contributed by atoms with E-state index in [1.54, 1.807) is 0 Å². The van der Waals surface area contributed by atoms with Crippen LogP contribution in [0.5, 0.6) is 0 Å². The number of amides is 1. The maximum atomic E-state index is 14.3. The second-order valence-corrected chi connectivity index (χ2v) is 6.62. The third-order valence-corrected chi connectivity index (χ3v) is 4.76. The molecule has 0 bridgehead atoms. The van der Waals surface area contributed by atoms with Gasteiger partial charge >= 0.3 is 6.18 Å². The zero-order valence-electron chi connectivity index (χ0n) is 14.1. The lowest BCUT2D eigenvalue weighted by Crippen LogP contribution is -2.15. The van der Waals surface area contributed by atoms with Crippen molar-refractivity contribution in [3.05, 3.63) is 59.0 Å². The summed E-state index contributed by atoms with van der Waals surface area (Å²) >= 11 is 0.621. The van der Waals surface area contributed by atoms with Crippen LogP contribution in [0.2, 0.25) is 0 Å². The van der Waals surface area contributed by atoms with Gasteiger partial charge in [0.15, 0.2) is 5.69 Å². The number of anilines is 1. The normalized spacial score (nSPS) is 11.7. The Hall–Kier alpha value is -2.82. The maximum Gasteiger partial charge on any atom is 0.435 e. The van der Waals surface area contributed by atoms with Crippen LogP contribution in [-0.4, -0.2) is 15.7 Å². The Morgan fingerprint density at radius 3 is 2.36 bits per heavy atom. The quantitative estimate of drug-likeness (QED) is 0.582. The number of benzene rings is 1. The average Bonchev–Trinajstić information content (AvgIpc) is 3.17. The molecule has 0 saturated carbocycles. The van der Waals surface area contributed by atoms with Crippen LogP contribution in [0.1, 0.15) is 23.0 Å². The molecule has 4 nitrogen and oxygen atoms in total. The summed E-state index contributed by atoms with van der Waals surface area (Å²) in [5, 5.41) is 5.43. The predicted octanol–water partition coefficient (Wildman–Crippen LogP) is 5.32. The minimum Gasteiger partial charge on any atom is -0.313 e. The Balaban J connectivity index is 1.94. The summed E-state index contributed by atoms with van der Waals surface area (Å²) < 4.78 is 81.3. The third-order valence-electron chi connectivity index (χ3n) is 3.72. The molecule has 11 heteroatoms. The summed E-state index contributed by atoms with van der Waals surface area (Å²) in [6.07, 6.45) is -4.71. The summed E-state index contributed by atoms with van der Waals surface area (Å²) in [6.45, 7) is 1.58. The second-order valence-electron chi connectivity index (χ2n) is 5.57. The molecule has 1 aromatic carbocycles. The van der Waals surface area contributed by atoms with E-state index in [-0.39, 0.29) is 22.1 Å². The molecule has 0 atom stereocenters. The van der Waals surface area contributed by atoms with Crippen molar-refractivity contribution in [2.75, 3.05) is 5.32 Å². The number of alkyl halides is 3. The lowest BCUT2D eigenvalue weighted by Gasteiger charge is -2.05. The van der Waals surface area contributed by atoms with Crippen LogP contribution in [0.4, 0.5) is 31.3 Å². The Morgan fingerprint density at radius 1 is 1.14 bits per heavy atom. The molecule has 28 heavy (non-hydrogen) atoms. The van der Waals surface area contributed by atoms with Crippen molar-refractivity contribution in [1.82, 2.24) is 9.78 Å². The van der Waals surface area contributed by atoms with E-state index in [1.807, 2.05) is 0 Å². The zero-order valence-corrected chi connectivity index (χ0v) is 14.9. The first-order valence-corrected chi connectivity index (χ1v) is 8.63. The van der Waals surface area contributed by atoms with E-state index in [1.165, 1.54) is 6.92 Å². The van der Waals surface area contributed by atoms with E-state index in [0.717, 1.165) is 28.9 Å². The van der Waals surface area contributed by atoms with Gasteiger partial charge in [-0.25, -0.2) is 13.2 Å². The highest BCUT2D eigenvalue weighted by Crippen LogP contribution is 2.38. The number of carbonyl (C=O) groups excluding carboxylic acids is 1. The van der Waals surface area contributed by atoms with Crippen molar-refractivity contribution >= 4 is 22.2 Å². The van der Waals surface area contributed by atoms with E-state index >= 15 is 0 Å². The first kappa shape index (κ1) is 19.9. The molecule has 0 saturated heterocycles. The largest absolute Gasteiger partial charge is 0.435 e. The van der Waals surface area contributed by atoms with Crippen LogP contribution in [0, 0.1) is 17.5 Å². The van der Waals surface area contributed by atoms with Crippen molar-refractivity contribution < 1.29 is 31.1 Å². The molecule has 1 amide bonds. The highest BCUT2D eigenvalue weighted by Gasteiger charge is 2.35. The lowest BCUT2D eigenvalue weighted by molar-refractivity contribution is -0.141. The van der Waals surface area contributed by atoms with Gasteiger partial charge in [-0.15, -0.1) is 11.3 Å². The highest BCUT2D eigenvalue weighted by molar-refractivity contribution is 7.19. The number of aromatic nitrogens is 2. The topological polar surface area (TPSA) is 46.9 Å². The van der Waals surface area contributed by atoms with Gasteiger partial charge in [0.2, 0.25) is 0 Å². The predicted molar refractivity (Wildman–Crippen MR) is 90.5 cm³/mol. The zero-order chi connectivity index (χ0) is 20.6. The van der Waals surface area contributed by atoms with E-state index in [4.69, 9.17) is 0 Å². The molecule has 0 aliphatic carbocycles. The maximum absolute atomic E-state index is 14.3. The van der Waals surface area contributed by atoms with Crippen LogP contribution >= 0.6 is 11.3 Å². The number of nitrogens with one attached hydrogen (secondary N) is 1. The fourth-order valence-corrected chi connectivity index (χ4v) is 3.42. The van der Waals surface area contributed by atoms with Crippen molar-refractivity contribution in [3.63, 3.8) is 0 Å². The van der Waals surface area contributed by atoms with Gasteiger partial charge < -0.3 is 5.32 Å². The number of hydrogen-bond acceptors (Lipinski definition) is 3. The smallest absolute Gasteiger partial charge is 0.313 e. The van der Waals surface area contributed by atoms with Gasteiger partial charge in [0.1, 0.15) is 23.0 Å². The minimum absolute atomic E-state index is 0.0465. The molecule has 3 aromatic rings.